The molecule has 0 spiro atoms. The summed E-state index contributed by atoms with van der Waals surface area (Å²) in [5.74, 6) is 1.01. The van der Waals surface area contributed by atoms with E-state index in [0.717, 1.165) is 12.1 Å². The standard InChI is InChI=1S/C10H8ClFN2O2/c1-2-5-13-10(15)7-3-4-8(12)9(6-7)14(11)16/h1,3-4,6,16H,5H2,(H,13,15). The van der Waals surface area contributed by atoms with Gasteiger partial charge in [-0.2, -0.15) is 4.58 Å². The normalized spacial score (nSPS) is 9.38. The maximum absolute atomic E-state index is 13.1. The molecule has 1 aromatic carbocycles. The fourth-order valence-corrected chi connectivity index (χ4v) is 1.16. The first-order chi connectivity index (χ1) is 7.56. The highest BCUT2D eigenvalue weighted by atomic mass is 35.5. The van der Waals surface area contributed by atoms with Crippen molar-refractivity contribution in [3.63, 3.8) is 0 Å². The average molecular weight is 243 g/mol. The molecular formula is C10H8ClFN2O2. The molecule has 0 saturated heterocycles. The zero-order valence-corrected chi connectivity index (χ0v) is 8.83. The molecule has 1 aromatic rings. The number of hydrogen-bond acceptors (Lipinski definition) is 3. The summed E-state index contributed by atoms with van der Waals surface area (Å²) in [6.45, 7) is 0.0647. The Balaban J connectivity index is 2.95. The molecule has 1 amide bonds. The number of nitrogens with one attached hydrogen (secondary N) is 1. The maximum Gasteiger partial charge on any atom is 0.252 e. The molecular weight excluding hydrogens is 235 g/mol. The molecule has 1 rings (SSSR count). The molecule has 0 unspecified atom stereocenters. The van der Waals surface area contributed by atoms with Crippen molar-refractivity contribution in [2.24, 2.45) is 0 Å². The molecule has 2 N–H and O–H groups in total. The molecule has 0 fully saturated rings. The third-order valence-corrected chi connectivity index (χ3v) is 1.94. The summed E-state index contributed by atoms with van der Waals surface area (Å²) in [6.07, 6.45) is 4.96. The van der Waals surface area contributed by atoms with Crippen molar-refractivity contribution in [3.8, 4) is 12.3 Å². The summed E-state index contributed by atoms with van der Waals surface area (Å²) < 4.78 is 13.2. The monoisotopic (exact) mass is 242 g/mol. The Morgan fingerprint density at radius 1 is 1.69 bits per heavy atom. The molecule has 0 heterocycles. The second-order valence-corrected chi connectivity index (χ2v) is 3.13. The first-order valence-electron chi connectivity index (χ1n) is 4.22. The minimum Gasteiger partial charge on any atom is -0.341 e. The van der Waals surface area contributed by atoms with Gasteiger partial charge in [-0.3, -0.25) is 10.0 Å². The Labute approximate surface area is 96.7 Å². The lowest BCUT2D eigenvalue weighted by atomic mass is 10.2. The Hall–Kier alpha value is -1.77. The number of halogens is 2. The van der Waals surface area contributed by atoms with E-state index in [0.29, 0.717) is 0 Å². The van der Waals surface area contributed by atoms with Gasteiger partial charge < -0.3 is 5.32 Å². The predicted molar refractivity (Wildman–Crippen MR) is 57.7 cm³/mol. The molecule has 0 aliphatic carbocycles. The van der Waals surface area contributed by atoms with E-state index in [1.165, 1.54) is 6.07 Å². The van der Waals surface area contributed by atoms with Crippen LogP contribution in [0.2, 0.25) is 0 Å². The third-order valence-electron chi connectivity index (χ3n) is 1.76. The number of benzene rings is 1. The van der Waals surface area contributed by atoms with Crippen molar-refractivity contribution in [2.75, 3.05) is 11.1 Å². The topological polar surface area (TPSA) is 52.6 Å². The van der Waals surface area contributed by atoms with E-state index in [1.807, 2.05) is 0 Å². The number of nitrogens with zero attached hydrogens (tertiary/aromatic N) is 1. The van der Waals surface area contributed by atoms with E-state index < -0.39 is 11.7 Å². The van der Waals surface area contributed by atoms with Gasteiger partial charge in [0.15, 0.2) is 0 Å². The van der Waals surface area contributed by atoms with Crippen LogP contribution in [0.15, 0.2) is 18.2 Å². The molecule has 0 atom stereocenters. The summed E-state index contributed by atoms with van der Waals surface area (Å²) in [4.78, 5) is 11.4. The van der Waals surface area contributed by atoms with Crippen LogP contribution in [0.3, 0.4) is 0 Å². The lowest BCUT2D eigenvalue weighted by Gasteiger charge is -2.09. The van der Waals surface area contributed by atoms with E-state index in [1.54, 1.807) is 0 Å². The van der Waals surface area contributed by atoms with Gasteiger partial charge in [0, 0.05) is 17.3 Å². The Kier molecular flexibility index (Phi) is 4.11. The number of carbonyl (C=O) groups is 1. The Morgan fingerprint density at radius 3 is 2.94 bits per heavy atom. The van der Waals surface area contributed by atoms with Crippen molar-refractivity contribution >= 4 is 23.4 Å². The van der Waals surface area contributed by atoms with Gasteiger partial charge in [-0.25, -0.2) is 4.39 Å². The fourth-order valence-electron chi connectivity index (χ4n) is 1.03. The quantitative estimate of drug-likeness (QED) is 0.480. The smallest absolute Gasteiger partial charge is 0.252 e. The number of anilines is 1. The van der Waals surface area contributed by atoms with Crippen LogP contribution < -0.4 is 9.90 Å². The maximum atomic E-state index is 13.1. The molecule has 0 aliphatic rings. The summed E-state index contributed by atoms with van der Waals surface area (Å²) in [5, 5.41) is 11.3. The highest BCUT2D eigenvalue weighted by Crippen LogP contribution is 2.20. The molecule has 6 heteroatoms. The molecule has 0 aliphatic heterocycles. The number of hydrogen-bond donors (Lipinski definition) is 2. The zero-order chi connectivity index (χ0) is 12.1. The summed E-state index contributed by atoms with van der Waals surface area (Å²) in [5.41, 5.74) is -0.165. The molecule has 0 radical (unpaired) electrons. The zero-order valence-electron chi connectivity index (χ0n) is 8.08. The second kappa shape index (κ2) is 5.35. The van der Waals surface area contributed by atoms with Gasteiger partial charge in [0.2, 0.25) is 0 Å². The SMILES string of the molecule is C#CCNC(=O)c1ccc(F)c(N(O)Cl)c1. The number of carbonyl (C=O) groups excluding carboxylic acids is 1. The van der Waals surface area contributed by atoms with Crippen LogP contribution in [0.1, 0.15) is 10.4 Å². The highest BCUT2D eigenvalue weighted by Gasteiger charge is 2.12. The molecule has 16 heavy (non-hydrogen) atoms. The minimum absolute atomic E-state index is 0.0647. The van der Waals surface area contributed by atoms with E-state index in [9.17, 15) is 9.18 Å². The molecule has 0 saturated carbocycles. The van der Waals surface area contributed by atoms with Crippen molar-refractivity contribution in [3.05, 3.63) is 29.6 Å². The molecule has 4 nitrogen and oxygen atoms in total. The van der Waals surface area contributed by atoms with E-state index in [2.05, 4.69) is 11.2 Å². The van der Waals surface area contributed by atoms with Crippen LogP contribution >= 0.6 is 11.8 Å². The van der Waals surface area contributed by atoms with Gasteiger partial charge in [-0.05, 0) is 18.2 Å². The van der Waals surface area contributed by atoms with Gasteiger partial charge in [-0.15, -0.1) is 6.42 Å². The van der Waals surface area contributed by atoms with E-state index in [-0.39, 0.29) is 22.4 Å². The number of terminal acetylenes is 1. The lowest BCUT2D eigenvalue weighted by Crippen LogP contribution is -2.23. The third kappa shape index (κ3) is 2.86. The molecule has 0 bridgehead atoms. The van der Waals surface area contributed by atoms with E-state index in [4.69, 9.17) is 23.4 Å². The summed E-state index contributed by atoms with van der Waals surface area (Å²) in [7, 11) is 0. The number of amides is 1. The Bertz CT molecular complexity index is 443. The van der Waals surface area contributed by atoms with Crippen LogP contribution in [0.5, 0.6) is 0 Å². The first-order valence-corrected chi connectivity index (χ1v) is 4.56. The van der Waals surface area contributed by atoms with Crippen molar-refractivity contribution in [2.45, 2.75) is 0 Å². The van der Waals surface area contributed by atoms with Crippen molar-refractivity contribution in [1.29, 1.82) is 0 Å². The van der Waals surface area contributed by atoms with Crippen molar-refractivity contribution in [1.82, 2.24) is 5.32 Å². The van der Waals surface area contributed by atoms with Gasteiger partial charge in [0.05, 0.1) is 6.54 Å². The van der Waals surface area contributed by atoms with E-state index >= 15 is 0 Å². The predicted octanol–water partition coefficient (Wildman–Crippen LogP) is 1.54. The first kappa shape index (κ1) is 12.3. The second-order valence-electron chi connectivity index (χ2n) is 2.81. The largest absolute Gasteiger partial charge is 0.341 e. The molecule has 84 valence electrons. The van der Waals surface area contributed by atoms with Crippen LogP contribution in [0.25, 0.3) is 0 Å². The number of rotatable bonds is 3. The lowest BCUT2D eigenvalue weighted by molar-refractivity contribution is 0.0958. The van der Waals surface area contributed by atoms with Gasteiger partial charge in [-0.1, -0.05) is 5.92 Å². The highest BCUT2D eigenvalue weighted by molar-refractivity contribution is 6.24. The van der Waals surface area contributed by atoms with Crippen molar-refractivity contribution < 1.29 is 14.4 Å². The summed E-state index contributed by atoms with van der Waals surface area (Å²) in [6, 6.07) is 3.38. The van der Waals surface area contributed by atoms with Gasteiger partial charge in [0.25, 0.3) is 5.91 Å². The molecule has 0 aromatic heterocycles. The van der Waals surface area contributed by atoms with Crippen LogP contribution in [0, 0.1) is 18.2 Å². The summed E-state index contributed by atoms with van der Waals surface area (Å²) >= 11 is 5.17. The average Bonchev–Trinajstić information content (AvgIpc) is 2.26. The fraction of sp³-hybridized carbons (Fsp3) is 0.100. The Morgan fingerprint density at radius 2 is 2.38 bits per heavy atom. The van der Waals surface area contributed by atoms with Crippen LogP contribution in [-0.2, 0) is 0 Å². The van der Waals surface area contributed by atoms with Gasteiger partial charge in [0.1, 0.15) is 11.5 Å². The van der Waals surface area contributed by atoms with Crippen LogP contribution in [0.4, 0.5) is 10.1 Å². The van der Waals surface area contributed by atoms with Crippen LogP contribution in [-0.4, -0.2) is 17.7 Å². The minimum atomic E-state index is -0.744. The van der Waals surface area contributed by atoms with Gasteiger partial charge >= 0.3 is 0 Å².